The zero-order valence-electron chi connectivity index (χ0n) is 15.0. The van der Waals surface area contributed by atoms with Crippen molar-refractivity contribution in [3.63, 3.8) is 0 Å². The molecule has 3 heterocycles. The monoisotopic (exact) mass is 395 g/mol. The van der Waals surface area contributed by atoms with Crippen molar-refractivity contribution in [3.8, 4) is 0 Å². The van der Waals surface area contributed by atoms with E-state index < -0.39 is 0 Å². The van der Waals surface area contributed by atoms with Crippen molar-refractivity contribution in [2.24, 2.45) is 0 Å². The van der Waals surface area contributed by atoms with Gasteiger partial charge in [-0.3, -0.25) is 4.79 Å². The molecular formula is C19H18ClN7O. The molecule has 2 aromatic heterocycles. The molecule has 3 aromatic rings. The molecule has 9 heteroatoms. The Balaban J connectivity index is 1.36. The Morgan fingerprint density at radius 3 is 2.43 bits per heavy atom. The molecule has 28 heavy (non-hydrogen) atoms. The number of benzene rings is 1. The number of anilines is 3. The van der Waals surface area contributed by atoms with Gasteiger partial charge in [-0.2, -0.15) is 0 Å². The predicted molar refractivity (Wildman–Crippen MR) is 107 cm³/mol. The number of carbonyl (C=O) groups excluding carboxylic acids is 1. The Labute approximate surface area is 167 Å². The van der Waals surface area contributed by atoms with Crippen molar-refractivity contribution in [1.29, 1.82) is 0 Å². The fourth-order valence-corrected chi connectivity index (χ4v) is 3.14. The quantitative estimate of drug-likeness (QED) is 0.726. The van der Waals surface area contributed by atoms with Crippen LogP contribution >= 0.6 is 11.6 Å². The number of piperazine rings is 1. The number of nitrogens with one attached hydrogen (secondary N) is 1. The molecule has 4 rings (SSSR count). The standard InChI is InChI=1S/C19H18ClN7O/c20-14-3-1-4-15(13-14)23-17-6-5-16(24-25-17)18(28)26-9-11-27(12-10-26)19-21-7-2-8-22-19/h1-8,13H,9-12H2,(H,23,25). The van der Waals surface area contributed by atoms with Crippen LogP contribution in [0, 0.1) is 0 Å². The summed E-state index contributed by atoms with van der Waals surface area (Å²) in [7, 11) is 0. The Bertz CT molecular complexity index is 944. The molecule has 1 saturated heterocycles. The number of rotatable bonds is 4. The fourth-order valence-electron chi connectivity index (χ4n) is 2.95. The Morgan fingerprint density at radius 2 is 1.75 bits per heavy atom. The summed E-state index contributed by atoms with van der Waals surface area (Å²) < 4.78 is 0. The van der Waals surface area contributed by atoms with Crippen LogP contribution in [0.1, 0.15) is 10.5 Å². The van der Waals surface area contributed by atoms with Crippen molar-refractivity contribution >= 4 is 35.0 Å². The van der Waals surface area contributed by atoms with Crippen LogP contribution in [-0.2, 0) is 0 Å². The summed E-state index contributed by atoms with van der Waals surface area (Å²) in [6.07, 6.45) is 3.43. The smallest absolute Gasteiger partial charge is 0.274 e. The van der Waals surface area contributed by atoms with Crippen LogP contribution in [0.15, 0.2) is 54.9 Å². The molecule has 1 aliphatic rings. The molecule has 0 aliphatic carbocycles. The summed E-state index contributed by atoms with van der Waals surface area (Å²) in [6, 6.07) is 12.5. The van der Waals surface area contributed by atoms with Crippen molar-refractivity contribution in [1.82, 2.24) is 25.1 Å². The van der Waals surface area contributed by atoms with Gasteiger partial charge in [-0.15, -0.1) is 10.2 Å². The zero-order chi connectivity index (χ0) is 19.3. The predicted octanol–water partition coefficient (Wildman–Crippen LogP) is 2.63. The molecule has 8 nitrogen and oxygen atoms in total. The summed E-state index contributed by atoms with van der Waals surface area (Å²) in [6.45, 7) is 2.53. The van der Waals surface area contributed by atoms with Crippen molar-refractivity contribution in [3.05, 3.63) is 65.6 Å². The average molecular weight is 396 g/mol. The lowest BCUT2D eigenvalue weighted by molar-refractivity contribution is 0.0739. The molecule has 1 fully saturated rings. The third kappa shape index (κ3) is 4.17. The van der Waals surface area contributed by atoms with Gasteiger partial charge >= 0.3 is 0 Å². The topological polar surface area (TPSA) is 87.1 Å². The summed E-state index contributed by atoms with van der Waals surface area (Å²) in [5.41, 5.74) is 1.13. The minimum Gasteiger partial charge on any atom is -0.339 e. The van der Waals surface area contributed by atoms with Crippen molar-refractivity contribution in [2.45, 2.75) is 0 Å². The minimum absolute atomic E-state index is 0.129. The number of hydrogen-bond donors (Lipinski definition) is 1. The van der Waals surface area contributed by atoms with Gasteiger partial charge in [-0.1, -0.05) is 17.7 Å². The highest BCUT2D eigenvalue weighted by molar-refractivity contribution is 6.30. The summed E-state index contributed by atoms with van der Waals surface area (Å²) in [4.78, 5) is 25.0. The van der Waals surface area contributed by atoms with Crippen LogP contribution in [0.4, 0.5) is 17.5 Å². The van der Waals surface area contributed by atoms with Crippen molar-refractivity contribution in [2.75, 3.05) is 36.4 Å². The Hall–Kier alpha value is -3.26. The van der Waals surface area contributed by atoms with Crippen LogP contribution in [-0.4, -0.2) is 57.2 Å². The van der Waals surface area contributed by atoms with E-state index in [0.717, 1.165) is 5.69 Å². The molecule has 0 unspecified atom stereocenters. The largest absolute Gasteiger partial charge is 0.339 e. The van der Waals surface area contributed by atoms with E-state index in [-0.39, 0.29) is 5.91 Å². The number of nitrogens with zero attached hydrogens (tertiary/aromatic N) is 6. The van der Waals surface area contributed by atoms with E-state index in [1.54, 1.807) is 47.6 Å². The molecule has 0 bridgehead atoms. The Kier molecular flexibility index (Phi) is 5.29. The van der Waals surface area contributed by atoms with Gasteiger partial charge in [0, 0.05) is 49.3 Å². The van der Waals surface area contributed by atoms with E-state index in [1.807, 2.05) is 12.1 Å². The van der Waals surface area contributed by atoms with Gasteiger partial charge in [0.05, 0.1) is 0 Å². The maximum Gasteiger partial charge on any atom is 0.274 e. The van der Waals surface area contributed by atoms with E-state index in [4.69, 9.17) is 11.6 Å². The third-order valence-corrected chi connectivity index (χ3v) is 4.62. The van der Waals surface area contributed by atoms with Crippen LogP contribution in [0.5, 0.6) is 0 Å². The van der Waals surface area contributed by atoms with Gasteiger partial charge < -0.3 is 15.1 Å². The lowest BCUT2D eigenvalue weighted by atomic mass is 10.2. The molecule has 0 saturated carbocycles. The molecular weight excluding hydrogens is 378 g/mol. The van der Waals surface area contributed by atoms with E-state index in [0.29, 0.717) is 48.7 Å². The summed E-state index contributed by atoms with van der Waals surface area (Å²) >= 11 is 5.98. The van der Waals surface area contributed by atoms with Gasteiger partial charge in [0.15, 0.2) is 11.5 Å². The number of halogens is 1. The average Bonchev–Trinajstić information content (AvgIpc) is 2.75. The first-order valence-electron chi connectivity index (χ1n) is 8.86. The van der Waals surface area contributed by atoms with E-state index >= 15 is 0 Å². The van der Waals surface area contributed by atoms with Crippen molar-refractivity contribution < 1.29 is 4.79 Å². The van der Waals surface area contributed by atoms with Crippen LogP contribution in [0.2, 0.25) is 5.02 Å². The fraction of sp³-hybridized carbons (Fsp3) is 0.211. The molecule has 1 aliphatic heterocycles. The second kappa shape index (κ2) is 8.18. The first kappa shape index (κ1) is 18.1. The maximum atomic E-state index is 12.7. The molecule has 1 N–H and O–H groups in total. The zero-order valence-corrected chi connectivity index (χ0v) is 15.8. The van der Waals surface area contributed by atoms with Gasteiger partial charge in [0.1, 0.15) is 0 Å². The molecule has 0 radical (unpaired) electrons. The van der Waals surface area contributed by atoms with Crippen LogP contribution in [0.25, 0.3) is 0 Å². The normalized spacial score (nSPS) is 14.0. The molecule has 1 amide bonds. The Morgan fingerprint density at radius 1 is 0.964 bits per heavy atom. The summed E-state index contributed by atoms with van der Waals surface area (Å²) in [5.74, 6) is 1.10. The highest BCUT2D eigenvalue weighted by Crippen LogP contribution is 2.19. The van der Waals surface area contributed by atoms with Gasteiger partial charge in [-0.05, 0) is 36.4 Å². The minimum atomic E-state index is -0.129. The maximum absolute atomic E-state index is 12.7. The van der Waals surface area contributed by atoms with E-state index in [1.165, 1.54) is 0 Å². The molecule has 0 atom stereocenters. The first-order valence-corrected chi connectivity index (χ1v) is 9.24. The highest BCUT2D eigenvalue weighted by Gasteiger charge is 2.24. The number of amides is 1. The van der Waals surface area contributed by atoms with E-state index in [9.17, 15) is 4.79 Å². The second-order valence-corrected chi connectivity index (χ2v) is 6.70. The lowest BCUT2D eigenvalue weighted by Gasteiger charge is -2.34. The van der Waals surface area contributed by atoms with Gasteiger partial charge in [0.25, 0.3) is 5.91 Å². The number of carbonyl (C=O) groups is 1. The third-order valence-electron chi connectivity index (χ3n) is 4.38. The number of aromatic nitrogens is 4. The summed E-state index contributed by atoms with van der Waals surface area (Å²) in [5, 5.41) is 11.9. The second-order valence-electron chi connectivity index (χ2n) is 6.27. The van der Waals surface area contributed by atoms with Crippen LogP contribution in [0.3, 0.4) is 0 Å². The molecule has 1 aromatic carbocycles. The van der Waals surface area contributed by atoms with Gasteiger partial charge in [-0.25, -0.2) is 9.97 Å². The van der Waals surface area contributed by atoms with Gasteiger partial charge in [0.2, 0.25) is 5.95 Å². The van der Waals surface area contributed by atoms with E-state index in [2.05, 4.69) is 30.4 Å². The SMILES string of the molecule is O=C(c1ccc(Nc2cccc(Cl)c2)nn1)N1CCN(c2ncccn2)CC1. The molecule has 0 spiro atoms. The first-order chi connectivity index (χ1) is 13.7. The lowest BCUT2D eigenvalue weighted by Crippen LogP contribution is -2.49. The van der Waals surface area contributed by atoms with Crippen LogP contribution < -0.4 is 10.2 Å². The highest BCUT2D eigenvalue weighted by atomic mass is 35.5. The number of hydrogen-bond acceptors (Lipinski definition) is 7. The molecule has 142 valence electrons.